The highest BCUT2D eigenvalue weighted by Gasteiger charge is 2.35. The van der Waals surface area contributed by atoms with Crippen molar-refractivity contribution in [3.63, 3.8) is 0 Å². The summed E-state index contributed by atoms with van der Waals surface area (Å²) in [5, 5.41) is 0. The molecule has 0 N–H and O–H groups in total. The van der Waals surface area contributed by atoms with Gasteiger partial charge in [-0.3, -0.25) is 0 Å². The molecule has 0 heteroatoms. The first-order valence-electron chi connectivity index (χ1n) is 4.98. The molecule has 0 radical (unpaired) electrons. The van der Waals surface area contributed by atoms with Crippen LogP contribution in [0.4, 0.5) is 0 Å². The lowest BCUT2D eigenvalue weighted by molar-refractivity contribution is 0.132. The molecule has 1 unspecified atom stereocenters. The summed E-state index contributed by atoms with van der Waals surface area (Å²) in [6.07, 6.45) is 13.5. The average Bonchev–Trinajstić information content (AvgIpc) is 2.03. The highest BCUT2D eigenvalue weighted by Crippen LogP contribution is 2.47. The smallest absolute Gasteiger partial charge is 0.0179 e. The molecule has 0 nitrogen and oxygen atoms in total. The summed E-state index contributed by atoms with van der Waals surface area (Å²) in [5.74, 6) is 0.921. The van der Waals surface area contributed by atoms with Gasteiger partial charge < -0.3 is 0 Å². The zero-order valence-corrected chi connectivity index (χ0v) is 7.47. The second kappa shape index (κ2) is 2.66. The summed E-state index contributed by atoms with van der Waals surface area (Å²) in [4.78, 5) is 0. The van der Waals surface area contributed by atoms with Crippen LogP contribution in [0, 0.1) is 11.3 Å². The molecule has 2 atom stereocenters. The van der Waals surface area contributed by atoms with Crippen LogP contribution in [-0.2, 0) is 0 Å². The summed E-state index contributed by atoms with van der Waals surface area (Å²) in [6.45, 7) is 2.49. The van der Waals surface area contributed by atoms with Crippen molar-refractivity contribution in [2.24, 2.45) is 11.3 Å². The zero-order chi connectivity index (χ0) is 7.73. The number of allylic oxidation sites excluding steroid dienone is 2. The minimum atomic E-state index is 0.688. The van der Waals surface area contributed by atoms with E-state index in [1.165, 1.54) is 38.5 Å². The highest BCUT2D eigenvalue weighted by atomic mass is 14.4. The Hall–Kier alpha value is -0.260. The molecule has 62 valence electrons. The van der Waals surface area contributed by atoms with Crippen molar-refractivity contribution in [3.8, 4) is 0 Å². The molecule has 11 heavy (non-hydrogen) atoms. The van der Waals surface area contributed by atoms with Gasteiger partial charge in [-0.15, -0.1) is 0 Å². The molecule has 0 saturated heterocycles. The van der Waals surface area contributed by atoms with E-state index in [1.807, 2.05) is 0 Å². The Morgan fingerprint density at radius 3 is 3.00 bits per heavy atom. The molecular formula is C11H18. The Labute approximate surface area is 69.7 Å². The molecule has 1 saturated carbocycles. The first-order chi connectivity index (χ1) is 5.31. The summed E-state index contributed by atoms with van der Waals surface area (Å²) < 4.78 is 0. The molecule has 0 aliphatic heterocycles. The van der Waals surface area contributed by atoms with Gasteiger partial charge in [0.15, 0.2) is 0 Å². The Kier molecular flexibility index (Phi) is 1.78. The van der Waals surface area contributed by atoms with Gasteiger partial charge in [0, 0.05) is 0 Å². The maximum Gasteiger partial charge on any atom is -0.0179 e. The van der Waals surface area contributed by atoms with Crippen LogP contribution in [0.3, 0.4) is 0 Å². The van der Waals surface area contributed by atoms with Crippen LogP contribution in [0.1, 0.15) is 45.4 Å². The van der Waals surface area contributed by atoms with Gasteiger partial charge in [-0.2, -0.15) is 0 Å². The monoisotopic (exact) mass is 150 g/mol. The number of hydrogen-bond donors (Lipinski definition) is 0. The van der Waals surface area contributed by atoms with Gasteiger partial charge in [-0.05, 0) is 37.0 Å². The lowest BCUT2D eigenvalue weighted by Gasteiger charge is -2.42. The molecule has 1 fully saturated rings. The molecule has 2 aliphatic carbocycles. The standard InChI is InChI=1S/C11H18/c1-11-8-4-2-6-10(11)7-3-5-9-11/h2,6,10H,3-5,7-9H2,1H3/t10-,11?/m0/s1. The number of rotatable bonds is 0. The fourth-order valence-electron chi connectivity index (χ4n) is 2.74. The van der Waals surface area contributed by atoms with Gasteiger partial charge in [0.1, 0.15) is 0 Å². The van der Waals surface area contributed by atoms with Crippen molar-refractivity contribution < 1.29 is 0 Å². The molecule has 0 aromatic rings. The van der Waals surface area contributed by atoms with E-state index in [-0.39, 0.29) is 0 Å². The van der Waals surface area contributed by atoms with Crippen LogP contribution in [0.25, 0.3) is 0 Å². The van der Waals surface area contributed by atoms with E-state index >= 15 is 0 Å². The molecule has 0 aromatic carbocycles. The molecule has 2 rings (SSSR count). The molecular weight excluding hydrogens is 132 g/mol. The van der Waals surface area contributed by atoms with Crippen LogP contribution in [0.15, 0.2) is 12.2 Å². The van der Waals surface area contributed by atoms with Crippen LogP contribution in [-0.4, -0.2) is 0 Å². The van der Waals surface area contributed by atoms with Crippen molar-refractivity contribution in [3.05, 3.63) is 12.2 Å². The third-order valence-corrected chi connectivity index (χ3v) is 3.66. The number of fused-ring (bicyclic) bond motifs is 1. The minimum Gasteiger partial charge on any atom is -0.0882 e. The predicted molar refractivity (Wildman–Crippen MR) is 48.4 cm³/mol. The van der Waals surface area contributed by atoms with Crippen LogP contribution in [0.5, 0.6) is 0 Å². The van der Waals surface area contributed by atoms with E-state index in [9.17, 15) is 0 Å². The van der Waals surface area contributed by atoms with Crippen LogP contribution in [0.2, 0.25) is 0 Å². The summed E-state index contributed by atoms with van der Waals surface area (Å²) >= 11 is 0. The molecule has 0 heterocycles. The lowest BCUT2D eigenvalue weighted by Crippen LogP contribution is -2.31. The third-order valence-electron chi connectivity index (χ3n) is 3.66. The van der Waals surface area contributed by atoms with Crippen molar-refractivity contribution in [2.75, 3.05) is 0 Å². The molecule has 0 aromatic heterocycles. The fraction of sp³-hybridized carbons (Fsp3) is 0.818. The first kappa shape index (κ1) is 7.39. The topological polar surface area (TPSA) is 0 Å². The van der Waals surface area contributed by atoms with E-state index in [0.29, 0.717) is 5.41 Å². The summed E-state index contributed by atoms with van der Waals surface area (Å²) in [5.41, 5.74) is 0.688. The van der Waals surface area contributed by atoms with Gasteiger partial charge >= 0.3 is 0 Å². The van der Waals surface area contributed by atoms with Crippen LogP contribution >= 0.6 is 0 Å². The Morgan fingerprint density at radius 1 is 1.27 bits per heavy atom. The Morgan fingerprint density at radius 2 is 2.18 bits per heavy atom. The Bertz CT molecular complexity index is 169. The Balaban J connectivity index is 2.16. The van der Waals surface area contributed by atoms with E-state index in [0.717, 1.165) is 5.92 Å². The van der Waals surface area contributed by atoms with E-state index in [4.69, 9.17) is 0 Å². The van der Waals surface area contributed by atoms with E-state index in [2.05, 4.69) is 19.1 Å². The van der Waals surface area contributed by atoms with Gasteiger partial charge in [-0.25, -0.2) is 0 Å². The second-order valence-corrected chi connectivity index (χ2v) is 4.47. The van der Waals surface area contributed by atoms with E-state index in [1.54, 1.807) is 0 Å². The quantitative estimate of drug-likeness (QED) is 0.463. The molecule has 2 aliphatic rings. The highest BCUT2D eigenvalue weighted by molar-refractivity contribution is 5.03. The molecule has 0 amide bonds. The second-order valence-electron chi connectivity index (χ2n) is 4.47. The first-order valence-corrected chi connectivity index (χ1v) is 4.98. The van der Waals surface area contributed by atoms with Crippen LogP contribution < -0.4 is 0 Å². The SMILES string of the molecule is CC12CCC=C[C@H]1CCCC2. The lowest BCUT2D eigenvalue weighted by atomic mass is 9.63. The predicted octanol–water partition coefficient (Wildman–Crippen LogP) is 3.53. The van der Waals surface area contributed by atoms with Gasteiger partial charge in [0.05, 0.1) is 0 Å². The third kappa shape index (κ3) is 1.23. The van der Waals surface area contributed by atoms with Crippen molar-refractivity contribution >= 4 is 0 Å². The zero-order valence-electron chi connectivity index (χ0n) is 7.47. The largest absolute Gasteiger partial charge is 0.0882 e. The average molecular weight is 150 g/mol. The summed E-state index contributed by atoms with van der Waals surface area (Å²) in [7, 11) is 0. The molecule has 0 bridgehead atoms. The summed E-state index contributed by atoms with van der Waals surface area (Å²) in [6, 6.07) is 0. The fourth-order valence-corrected chi connectivity index (χ4v) is 2.74. The van der Waals surface area contributed by atoms with Crippen molar-refractivity contribution in [1.29, 1.82) is 0 Å². The van der Waals surface area contributed by atoms with Crippen molar-refractivity contribution in [2.45, 2.75) is 45.4 Å². The number of hydrogen-bond acceptors (Lipinski definition) is 0. The molecule has 0 spiro atoms. The maximum absolute atomic E-state index is 2.49. The van der Waals surface area contributed by atoms with Gasteiger partial charge in [-0.1, -0.05) is 31.9 Å². The van der Waals surface area contributed by atoms with E-state index < -0.39 is 0 Å². The van der Waals surface area contributed by atoms with Gasteiger partial charge in [0.2, 0.25) is 0 Å². The maximum atomic E-state index is 2.49. The minimum absolute atomic E-state index is 0.688. The van der Waals surface area contributed by atoms with Crippen molar-refractivity contribution in [1.82, 2.24) is 0 Å². The van der Waals surface area contributed by atoms with Gasteiger partial charge in [0.25, 0.3) is 0 Å². The normalized spacial score (nSPS) is 43.5.